The molecule has 2 heterocycles. The van der Waals surface area contributed by atoms with Gasteiger partial charge in [0.2, 0.25) is 5.82 Å². The van der Waals surface area contributed by atoms with Crippen LogP contribution in [0.2, 0.25) is 0 Å². The summed E-state index contributed by atoms with van der Waals surface area (Å²) in [4.78, 5) is 17.4. The highest BCUT2D eigenvalue weighted by molar-refractivity contribution is 5.85. The Bertz CT molecular complexity index is 1200. The van der Waals surface area contributed by atoms with E-state index in [0.717, 1.165) is 16.7 Å². The van der Waals surface area contributed by atoms with E-state index >= 15 is 0 Å². The average Bonchev–Trinajstić information content (AvgIpc) is 3.30. The van der Waals surface area contributed by atoms with Gasteiger partial charge in [0.25, 0.3) is 5.89 Å². The number of ether oxygens (including phenoxy) is 3. The first kappa shape index (κ1) is 18.9. The number of aromatic nitrogens is 2. The summed E-state index contributed by atoms with van der Waals surface area (Å²) in [7, 11) is 1.59. The molecule has 0 amide bonds. The van der Waals surface area contributed by atoms with Crippen molar-refractivity contribution in [1.82, 2.24) is 10.1 Å². The van der Waals surface area contributed by atoms with Crippen molar-refractivity contribution >= 4 is 5.97 Å². The van der Waals surface area contributed by atoms with Crippen LogP contribution in [0.25, 0.3) is 11.4 Å². The Labute approximate surface area is 178 Å². The minimum Gasteiger partial charge on any atom is -0.497 e. The molecule has 31 heavy (non-hydrogen) atoms. The molecule has 0 fully saturated rings. The van der Waals surface area contributed by atoms with Crippen LogP contribution in [0.15, 0.2) is 77.3 Å². The lowest BCUT2D eigenvalue weighted by Crippen LogP contribution is -2.21. The molecule has 0 saturated carbocycles. The first-order valence-electron chi connectivity index (χ1n) is 9.72. The lowest BCUT2D eigenvalue weighted by molar-refractivity contribution is -0.146. The molecule has 3 aromatic carbocycles. The first-order chi connectivity index (χ1) is 15.2. The molecule has 0 unspecified atom stereocenters. The number of para-hydroxylation sites is 2. The number of carbonyl (C=O) groups is 1. The highest BCUT2D eigenvalue weighted by Gasteiger charge is 2.33. The Hall–Kier alpha value is -4.13. The van der Waals surface area contributed by atoms with E-state index in [1.807, 2.05) is 66.7 Å². The zero-order valence-corrected chi connectivity index (χ0v) is 16.6. The van der Waals surface area contributed by atoms with Crippen LogP contribution in [-0.2, 0) is 16.1 Å². The monoisotopic (exact) mass is 414 g/mol. The normalized spacial score (nSPS) is 12.4. The minimum atomic E-state index is -0.595. The topological polar surface area (TPSA) is 83.7 Å². The van der Waals surface area contributed by atoms with Crippen LogP contribution in [0.1, 0.15) is 22.9 Å². The Morgan fingerprint density at radius 1 is 0.968 bits per heavy atom. The van der Waals surface area contributed by atoms with Crippen molar-refractivity contribution < 1.29 is 23.5 Å². The molecule has 1 aliphatic rings. The Morgan fingerprint density at radius 3 is 2.39 bits per heavy atom. The van der Waals surface area contributed by atoms with E-state index < -0.39 is 11.9 Å². The summed E-state index contributed by atoms with van der Waals surface area (Å²) in [6.07, 6.45) is 0. The Morgan fingerprint density at radius 2 is 1.68 bits per heavy atom. The predicted octanol–water partition coefficient (Wildman–Crippen LogP) is 4.73. The summed E-state index contributed by atoms with van der Waals surface area (Å²) in [5.41, 5.74) is 2.26. The molecule has 0 atom stereocenters. The summed E-state index contributed by atoms with van der Waals surface area (Å²) in [6.45, 7) is -0.127. The van der Waals surface area contributed by atoms with Crippen molar-refractivity contribution in [3.8, 4) is 28.6 Å². The second-order valence-corrected chi connectivity index (χ2v) is 6.96. The van der Waals surface area contributed by atoms with Gasteiger partial charge >= 0.3 is 5.97 Å². The maximum absolute atomic E-state index is 13.1. The molecule has 0 radical (unpaired) electrons. The zero-order valence-electron chi connectivity index (χ0n) is 16.6. The van der Waals surface area contributed by atoms with Crippen LogP contribution >= 0.6 is 0 Å². The summed E-state index contributed by atoms with van der Waals surface area (Å²) in [6, 6.07) is 22.2. The second-order valence-electron chi connectivity index (χ2n) is 6.96. The molecule has 0 saturated heterocycles. The first-order valence-corrected chi connectivity index (χ1v) is 9.72. The summed E-state index contributed by atoms with van der Waals surface area (Å²) >= 11 is 0. The van der Waals surface area contributed by atoms with Gasteiger partial charge in [-0.2, -0.15) is 4.98 Å². The number of hydrogen-bond donors (Lipinski definition) is 0. The standard InChI is InChI=1S/C24H18N2O5/c1-28-16-8-6-7-15(13-16)23-25-21(31-26-23)14-29-24(27)22-17-9-2-4-11-19(17)30-20-12-5-3-10-18(20)22/h2-13,22H,14H2,1H3. The fraction of sp³-hybridized carbons (Fsp3) is 0.125. The van der Waals surface area contributed by atoms with Gasteiger partial charge in [-0.15, -0.1) is 0 Å². The number of hydrogen-bond acceptors (Lipinski definition) is 7. The van der Waals surface area contributed by atoms with Crippen LogP contribution in [-0.4, -0.2) is 23.2 Å². The highest BCUT2D eigenvalue weighted by Crippen LogP contribution is 2.44. The molecular formula is C24H18N2O5. The third kappa shape index (κ3) is 3.61. The van der Waals surface area contributed by atoms with Crippen LogP contribution in [0, 0.1) is 0 Å². The fourth-order valence-electron chi connectivity index (χ4n) is 3.57. The number of carbonyl (C=O) groups excluding carboxylic acids is 1. The molecule has 1 aromatic heterocycles. The van der Waals surface area contributed by atoms with Gasteiger partial charge < -0.3 is 18.7 Å². The average molecular weight is 414 g/mol. The number of methoxy groups -OCH3 is 1. The van der Waals surface area contributed by atoms with Gasteiger partial charge in [0.1, 0.15) is 23.2 Å². The summed E-state index contributed by atoms with van der Waals surface area (Å²) < 4.78 is 22.0. The van der Waals surface area contributed by atoms with Gasteiger partial charge in [-0.25, -0.2) is 0 Å². The van der Waals surface area contributed by atoms with Crippen molar-refractivity contribution in [2.24, 2.45) is 0 Å². The van der Waals surface area contributed by atoms with Crippen LogP contribution in [0.4, 0.5) is 0 Å². The van der Waals surface area contributed by atoms with E-state index in [4.69, 9.17) is 18.7 Å². The van der Waals surface area contributed by atoms with Crippen LogP contribution < -0.4 is 9.47 Å². The number of fused-ring (bicyclic) bond motifs is 2. The number of rotatable bonds is 5. The van der Waals surface area contributed by atoms with Gasteiger partial charge in [-0.1, -0.05) is 53.7 Å². The van der Waals surface area contributed by atoms with E-state index in [-0.39, 0.29) is 12.5 Å². The SMILES string of the molecule is COc1cccc(-c2noc(COC(=O)C3c4ccccc4Oc4ccccc43)n2)c1. The Balaban J connectivity index is 1.36. The third-order valence-electron chi connectivity index (χ3n) is 5.05. The lowest BCUT2D eigenvalue weighted by Gasteiger charge is -2.26. The van der Waals surface area contributed by atoms with E-state index in [1.165, 1.54) is 0 Å². The van der Waals surface area contributed by atoms with Crippen molar-refractivity contribution in [2.45, 2.75) is 12.5 Å². The lowest BCUT2D eigenvalue weighted by atomic mass is 9.88. The summed E-state index contributed by atoms with van der Waals surface area (Å²) in [5.74, 6) is 1.56. The molecule has 7 heteroatoms. The van der Waals surface area contributed by atoms with Crippen LogP contribution in [0.5, 0.6) is 17.2 Å². The molecule has 0 bridgehead atoms. The fourth-order valence-corrected chi connectivity index (χ4v) is 3.57. The summed E-state index contributed by atoms with van der Waals surface area (Å²) in [5, 5.41) is 3.97. The third-order valence-corrected chi connectivity index (χ3v) is 5.05. The molecule has 0 aliphatic carbocycles. The molecule has 5 rings (SSSR count). The molecule has 154 valence electrons. The largest absolute Gasteiger partial charge is 0.497 e. The van der Waals surface area contributed by atoms with Gasteiger partial charge in [-0.05, 0) is 24.3 Å². The highest BCUT2D eigenvalue weighted by atomic mass is 16.6. The van der Waals surface area contributed by atoms with Gasteiger partial charge in [0.05, 0.1) is 7.11 Å². The molecule has 7 nitrogen and oxygen atoms in total. The molecular weight excluding hydrogens is 396 g/mol. The maximum atomic E-state index is 13.1. The minimum absolute atomic E-state index is 0.127. The number of esters is 1. The molecule has 1 aliphatic heterocycles. The van der Waals surface area contributed by atoms with Crippen molar-refractivity contribution in [2.75, 3.05) is 7.11 Å². The van der Waals surface area contributed by atoms with Gasteiger partial charge in [0, 0.05) is 16.7 Å². The predicted molar refractivity (Wildman–Crippen MR) is 111 cm³/mol. The number of nitrogens with zero attached hydrogens (tertiary/aromatic N) is 2. The van der Waals surface area contributed by atoms with Crippen molar-refractivity contribution in [3.63, 3.8) is 0 Å². The van der Waals surface area contributed by atoms with Crippen LogP contribution in [0.3, 0.4) is 0 Å². The number of benzene rings is 3. The van der Waals surface area contributed by atoms with Crippen molar-refractivity contribution in [1.29, 1.82) is 0 Å². The zero-order chi connectivity index (χ0) is 21.2. The quantitative estimate of drug-likeness (QED) is 0.437. The smallest absolute Gasteiger partial charge is 0.318 e. The second kappa shape index (κ2) is 7.95. The van der Waals surface area contributed by atoms with Gasteiger partial charge in [0.15, 0.2) is 6.61 Å². The van der Waals surface area contributed by atoms with E-state index in [9.17, 15) is 4.79 Å². The molecule has 0 spiro atoms. The van der Waals surface area contributed by atoms with Crippen molar-refractivity contribution in [3.05, 3.63) is 89.8 Å². The van der Waals surface area contributed by atoms with E-state index in [2.05, 4.69) is 10.1 Å². The molecule has 0 N–H and O–H groups in total. The van der Waals surface area contributed by atoms with Gasteiger partial charge in [-0.3, -0.25) is 4.79 Å². The molecule has 4 aromatic rings. The van der Waals surface area contributed by atoms with E-state index in [1.54, 1.807) is 13.2 Å². The van der Waals surface area contributed by atoms with E-state index in [0.29, 0.717) is 23.1 Å². The maximum Gasteiger partial charge on any atom is 0.318 e. The Kier molecular flexibility index (Phi) is 4.84.